The molecule has 0 aliphatic heterocycles. The average Bonchev–Trinajstić information content (AvgIpc) is 2.67. The van der Waals surface area contributed by atoms with Gasteiger partial charge in [0.2, 0.25) is 11.7 Å². The van der Waals surface area contributed by atoms with Crippen LogP contribution in [0.1, 0.15) is 42.6 Å². The summed E-state index contributed by atoms with van der Waals surface area (Å²) in [6.07, 6.45) is 0. The van der Waals surface area contributed by atoms with Crippen LogP contribution in [0.5, 0.6) is 0 Å². The minimum Gasteiger partial charge on any atom is -0.475 e. The SMILES string of the molecule is Cc1oc(C(=O)O)cc1CNC(C)C(=O)NC(C)C. The molecule has 0 saturated heterocycles. The van der Waals surface area contributed by atoms with E-state index in [9.17, 15) is 9.59 Å². The molecule has 0 bridgehead atoms. The number of carboxylic acid groups (broad SMARTS) is 1. The van der Waals surface area contributed by atoms with Gasteiger partial charge in [0.05, 0.1) is 6.04 Å². The number of carboxylic acids is 1. The van der Waals surface area contributed by atoms with Gasteiger partial charge >= 0.3 is 5.97 Å². The Labute approximate surface area is 112 Å². The Morgan fingerprint density at radius 1 is 1.37 bits per heavy atom. The Morgan fingerprint density at radius 2 is 2.00 bits per heavy atom. The van der Waals surface area contributed by atoms with E-state index in [0.29, 0.717) is 12.3 Å². The summed E-state index contributed by atoms with van der Waals surface area (Å²) in [6, 6.07) is 1.20. The van der Waals surface area contributed by atoms with Crippen LogP contribution >= 0.6 is 0 Å². The molecule has 1 aromatic heterocycles. The summed E-state index contributed by atoms with van der Waals surface area (Å²) in [7, 11) is 0. The summed E-state index contributed by atoms with van der Waals surface area (Å²) in [5.74, 6) is -0.732. The second-order valence-corrected chi connectivity index (χ2v) is 4.76. The van der Waals surface area contributed by atoms with E-state index in [2.05, 4.69) is 10.6 Å². The molecule has 0 fully saturated rings. The van der Waals surface area contributed by atoms with E-state index in [-0.39, 0.29) is 23.8 Å². The third-order valence-corrected chi connectivity index (χ3v) is 2.65. The third-order valence-electron chi connectivity index (χ3n) is 2.65. The van der Waals surface area contributed by atoms with Crippen LogP contribution in [0.15, 0.2) is 10.5 Å². The predicted octanol–water partition coefficient (Wildman–Crippen LogP) is 1.29. The lowest BCUT2D eigenvalue weighted by atomic mass is 10.2. The number of aryl methyl sites for hydroxylation is 1. The van der Waals surface area contributed by atoms with Crippen LogP contribution in [0.2, 0.25) is 0 Å². The summed E-state index contributed by atoms with van der Waals surface area (Å²) in [6.45, 7) is 7.62. The van der Waals surface area contributed by atoms with Crippen LogP contribution in [-0.4, -0.2) is 29.1 Å². The molecule has 1 aromatic rings. The van der Waals surface area contributed by atoms with E-state index in [1.54, 1.807) is 13.8 Å². The van der Waals surface area contributed by atoms with Crippen molar-refractivity contribution < 1.29 is 19.1 Å². The number of carbonyl (C=O) groups excluding carboxylic acids is 1. The van der Waals surface area contributed by atoms with Gasteiger partial charge in [0.25, 0.3) is 0 Å². The van der Waals surface area contributed by atoms with E-state index < -0.39 is 5.97 Å². The highest BCUT2D eigenvalue weighted by Crippen LogP contribution is 2.14. The average molecular weight is 268 g/mol. The largest absolute Gasteiger partial charge is 0.475 e. The number of aromatic carboxylic acids is 1. The van der Waals surface area contributed by atoms with Crippen LogP contribution in [0.4, 0.5) is 0 Å². The molecule has 0 spiro atoms. The lowest BCUT2D eigenvalue weighted by molar-refractivity contribution is -0.123. The first-order chi connectivity index (χ1) is 8.81. The number of rotatable bonds is 6. The molecule has 6 heteroatoms. The molecular formula is C13H20N2O4. The fraction of sp³-hybridized carbons (Fsp3) is 0.538. The Kier molecular flexibility index (Phi) is 5.11. The van der Waals surface area contributed by atoms with Gasteiger partial charge in [-0.1, -0.05) is 0 Å². The Balaban J connectivity index is 2.57. The van der Waals surface area contributed by atoms with Crippen LogP contribution in [0.25, 0.3) is 0 Å². The standard InChI is InChI=1S/C13H20N2O4/c1-7(2)15-12(16)8(3)14-6-10-5-11(13(17)18)19-9(10)4/h5,7-8,14H,6H2,1-4H3,(H,15,16)(H,17,18). The van der Waals surface area contributed by atoms with Crippen molar-refractivity contribution in [3.05, 3.63) is 23.2 Å². The maximum atomic E-state index is 11.7. The van der Waals surface area contributed by atoms with Gasteiger partial charge in [-0.3, -0.25) is 4.79 Å². The molecule has 3 N–H and O–H groups in total. The van der Waals surface area contributed by atoms with Gasteiger partial charge in [-0.2, -0.15) is 0 Å². The third kappa shape index (κ3) is 4.40. The monoisotopic (exact) mass is 268 g/mol. The van der Waals surface area contributed by atoms with Gasteiger partial charge in [-0.05, 0) is 33.8 Å². The Bertz CT molecular complexity index is 465. The van der Waals surface area contributed by atoms with Gasteiger partial charge in [0, 0.05) is 18.2 Å². The molecule has 1 unspecified atom stereocenters. The molecule has 0 saturated carbocycles. The van der Waals surface area contributed by atoms with Crippen molar-refractivity contribution in [2.24, 2.45) is 0 Å². The zero-order valence-electron chi connectivity index (χ0n) is 11.6. The molecule has 0 aliphatic carbocycles. The van der Waals surface area contributed by atoms with E-state index in [1.165, 1.54) is 6.07 Å². The highest BCUT2D eigenvalue weighted by atomic mass is 16.4. The normalized spacial score (nSPS) is 12.5. The van der Waals surface area contributed by atoms with E-state index in [1.807, 2.05) is 13.8 Å². The highest BCUT2D eigenvalue weighted by molar-refractivity contribution is 5.84. The highest BCUT2D eigenvalue weighted by Gasteiger charge is 2.16. The van der Waals surface area contributed by atoms with Crippen molar-refractivity contribution in [2.45, 2.75) is 46.3 Å². The van der Waals surface area contributed by atoms with Crippen molar-refractivity contribution in [1.29, 1.82) is 0 Å². The predicted molar refractivity (Wildman–Crippen MR) is 70.0 cm³/mol. The zero-order valence-corrected chi connectivity index (χ0v) is 11.6. The molecule has 19 heavy (non-hydrogen) atoms. The first-order valence-electron chi connectivity index (χ1n) is 6.17. The lowest BCUT2D eigenvalue weighted by Crippen LogP contribution is -2.44. The number of furan rings is 1. The Hall–Kier alpha value is -1.82. The Morgan fingerprint density at radius 3 is 2.47 bits per heavy atom. The minimum absolute atomic E-state index is 0.0883. The number of nitrogens with one attached hydrogen (secondary N) is 2. The van der Waals surface area contributed by atoms with Gasteiger partial charge in [0.1, 0.15) is 5.76 Å². The number of amides is 1. The van der Waals surface area contributed by atoms with Crippen molar-refractivity contribution in [1.82, 2.24) is 10.6 Å². The summed E-state index contributed by atoms with van der Waals surface area (Å²) < 4.78 is 5.09. The summed E-state index contributed by atoms with van der Waals surface area (Å²) >= 11 is 0. The smallest absolute Gasteiger partial charge is 0.371 e. The first kappa shape index (κ1) is 15.2. The quantitative estimate of drug-likeness (QED) is 0.723. The van der Waals surface area contributed by atoms with Crippen LogP contribution in [0, 0.1) is 6.92 Å². The fourth-order valence-electron chi connectivity index (χ4n) is 1.57. The number of carbonyl (C=O) groups is 2. The van der Waals surface area contributed by atoms with Crippen molar-refractivity contribution in [2.75, 3.05) is 0 Å². The molecule has 106 valence electrons. The van der Waals surface area contributed by atoms with Gasteiger partial charge in [-0.25, -0.2) is 4.79 Å². The second kappa shape index (κ2) is 6.38. The van der Waals surface area contributed by atoms with E-state index >= 15 is 0 Å². The van der Waals surface area contributed by atoms with Gasteiger partial charge < -0.3 is 20.2 Å². The molecule has 6 nitrogen and oxygen atoms in total. The zero-order chi connectivity index (χ0) is 14.6. The van der Waals surface area contributed by atoms with Crippen LogP contribution in [-0.2, 0) is 11.3 Å². The number of hydrogen-bond acceptors (Lipinski definition) is 4. The van der Waals surface area contributed by atoms with Crippen LogP contribution < -0.4 is 10.6 Å². The second-order valence-electron chi connectivity index (χ2n) is 4.76. The maximum Gasteiger partial charge on any atom is 0.371 e. The van der Waals surface area contributed by atoms with Crippen molar-refractivity contribution in [3.63, 3.8) is 0 Å². The maximum absolute atomic E-state index is 11.7. The summed E-state index contributed by atoms with van der Waals surface area (Å²) in [5.41, 5.74) is 0.738. The van der Waals surface area contributed by atoms with Crippen molar-refractivity contribution >= 4 is 11.9 Å². The molecule has 1 amide bonds. The molecule has 0 aromatic carbocycles. The van der Waals surface area contributed by atoms with Gasteiger partial charge in [0.15, 0.2) is 0 Å². The fourth-order valence-corrected chi connectivity index (χ4v) is 1.57. The molecular weight excluding hydrogens is 248 g/mol. The van der Waals surface area contributed by atoms with E-state index in [0.717, 1.165) is 5.56 Å². The molecule has 0 radical (unpaired) electrons. The molecule has 1 atom stereocenters. The first-order valence-corrected chi connectivity index (χ1v) is 6.17. The van der Waals surface area contributed by atoms with Crippen LogP contribution in [0.3, 0.4) is 0 Å². The van der Waals surface area contributed by atoms with E-state index in [4.69, 9.17) is 9.52 Å². The van der Waals surface area contributed by atoms with Crippen molar-refractivity contribution in [3.8, 4) is 0 Å². The number of hydrogen-bond donors (Lipinski definition) is 3. The minimum atomic E-state index is -1.10. The molecule has 1 heterocycles. The molecule has 1 rings (SSSR count). The summed E-state index contributed by atoms with van der Waals surface area (Å²) in [5, 5.41) is 14.6. The summed E-state index contributed by atoms with van der Waals surface area (Å²) in [4.78, 5) is 22.4. The lowest BCUT2D eigenvalue weighted by Gasteiger charge is -2.15. The molecule has 0 aliphatic rings. The topological polar surface area (TPSA) is 91.6 Å². The van der Waals surface area contributed by atoms with Gasteiger partial charge in [-0.15, -0.1) is 0 Å².